The van der Waals surface area contributed by atoms with Crippen molar-refractivity contribution in [3.63, 3.8) is 0 Å². The normalized spacial score (nSPS) is 10.9. The third kappa shape index (κ3) is 2.99. The van der Waals surface area contributed by atoms with Crippen LogP contribution in [0, 0.1) is 6.92 Å². The van der Waals surface area contributed by atoms with Crippen molar-refractivity contribution < 1.29 is 9.90 Å². The quantitative estimate of drug-likeness (QED) is 0.862. The second-order valence-corrected chi connectivity index (χ2v) is 5.31. The topological polar surface area (TPSA) is 95.4 Å². The molecular weight excluding hydrogens is 286 g/mol. The van der Waals surface area contributed by atoms with E-state index in [1.807, 2.05) is 13.0 Å². The van der Waals surface area contributed by atoms with Gasteiger partial charge in [0.1, 0.15) is 5.69 Å². The summed E-state index contributed by atoms with van der Waals surface area (Å²) in [4.78, 5) is 40.0. The molecule has 0 fully saturated rings. The summed E-state index contributed by atoms with van der Waals surface area (Å²) in [7, 11) is 3.43. The molecule has 0 unspecified atom stereocenters. The highest BCUT2D eigenvalue weighted by molar-refractivity contribution is 5.86. The van der Waals surface area contributed by atoms with E-state index in [2.05, 4.69) is 4.98 Å². The van der Waals surface area contributed by atoms with Gasteiger partial charge in [-0.05, 0) is 38.7 Å². The van der Waals surface area contributed by atoms with E-state index in [0.29, 0.717) is 5.69 Å². The summed E-state index contributed by atoms with van der Waals surface area (Å²) in [6.45, 7) is 1.96. The number of hydrogen-bond acceptors (Lipinski definition) is 4. The minimum atomic E-state index is -1.33. The van der Waals surface area contributed by atoms with Gasteiger partial charge >= 0.3 is 11.7 Å². The van der Waals surface area contributed by atoms with E-state index in [1.165, 1.54) is 0 Å². The standard InChI is InChI=1S/C15H17N3O4/c1-9-5-4-6-10(7-9)18-13(19)11(8-17(2)3)12(14(20)21)16-15(18)22/h4-7H,8H2,1-3H3,(H,16,22)(H,20,21). The van der Waals surface area contributed by atoms with Crippen molar-refractivity contribution in [2.75, 3.05) is 14.1 Å². The van der Waals surface area contributed by atoms with E-state index in [-0.39, 0.29) is 17.8 Å². The Kier molecular flexibility index (Phi) is 4.27. The van der Waals surface area contributed by atoms with Gasteiger partial charge in [0.15, 0.2) is 0 Å². The lowest BCUT2D eigenvalue weighted by molar-refractivity contribution is 0.0687. The predicted molar refractivity (Wildman–Crippen MR) is 81.7 cm³/mol. The lowest BCUT2D eigenvalue weighted by Gasteiger charge is -2.14. The number of aromatic carboxylic acids is 1. The Hall–Kier alpha value is -2.67. The minimum absolute atomic E-state index is 0.0404. The van der Waals surface area contributed by atoms with Crippen LogP contribution in [-0.2, 0) is 6.54 Å². The number of aromatic amines is 1. The Morgan fingerprint density at radius 1 is 1.32 bits per heavy atom. The highest BCUT2D eigenvalue weighted by Crippen LogP contribution is 2.08. The van der Waals surface area contributed by atoms with E-state index in [1.54, 1.807) is 37.2 Å². The lowest BCUT2D eigenvalue weighted by Crippen LogP contribution is -2.39. The monoisotopic (exact) mass is 303 g/mol. The summed E-state index contributed by atoms with van der Waals surface area (Å²) < 4.78 is 0.957. The number of aromatic nitrogens is 2. The zero-order chi connectivity index (χ0) is 16.4. The van der Waals surface area contributed by atoms with Crippen LogP contribution in [-0.4, -0.2) is 39.6 Å². The van der Waals surface area contributed by atoms with E-state index in [0.717, 1.165) is 10.1 Å². The van der Waals surface area contributed by atoms with Crippen molar-refractivity contribution in [1.82, 2.24) is 14.5 Å². The average Bonchev–Trinajstić information content (AvgIpc) is 2.41. The van der Waals surface area contributed by atoms with Gasteiger partial charge in [-0.25, -0.2) is 14.2 Å². The zero-order valence-electron chi connectivity index (χ0n) is 12.6. The summed E-state index contributed by atoms with van der Waals surface area (Å²) >= 11 is 0. The summed E-state index contributed by atoms with van der Waals surface area (Å²) in [5, 5.41) is 9.20. The number of hydrogen-bond donors (Lipinski definition) is 2. The number of carboxylic acids is 1. The van der Waals surface area contributed by atoms with Gasteiger partial charge in [0.2, 0.25) is 0 Å². The number of aryl methyl sites for hydroxylation is 1. The van der Waals surface area contributed by atoms with Crippen LogP contribution in [0.15, 0.2) is 33.9 Å². The Balaban J connectivity index is 2.79. The molecule has 0 saturated heterocycles. The molecule has 1 aromatic heterocycles. The van der Waals surface area contributed by atoms with Gasteiger partial charge in [-0.2, -0.15) is 0 Å². The van der Waals surface area contributed by atoms with Crippen molar-refractivity contribution in [2.45, 2.75) is 13.5 Å². The van der Waals surface area contributed by atoms with Crippen molar-refractivity contribution >= 4 is 5.97 Å². The molecule has 0 aliphatic carbocycles. The Morgan fingerprint density at radius 3 is 2.55 bits per heavy atom. The molecule has 7 nitrogen and oxygen atoms in total. The SMILES string of the molecule is Cc1cccc(-n2c(=O)[nH]c(C(=O)O)c(CN(C)C)c2=O)c1. The number of benzene rings is 1. The second-order valence-electron chi connectivity index (χ2n) is 5.31. The van der Waals surface area contributed by atoms with Crippen LogP contribution in [0.3, 0.4) is 0 Å². The van der Waals surface area contributed by atoms with E-state index < -0.39 is 17.2 Å². The second kappa shape index (κ2) is 5.98. The van der Waals surface area contributed by atoms with Crippen LogP contribution >= 0.6 is 0 Å². The number of nitrogens with zero attached hydrogens (tertiary/aromatic N) is 2. The van der Waals surface area contributed by atoms with Crippen LogP contribution in [0.25, 0.3) is 5.69 Å². The molecule has 0 aliphatic heterocycles. The third-order valence-corrected chi connectivity index (χ3v) is 3.15. The molecule has 2 rings (SSSR count). The van der Waals surface area contributed by atoms with Gasteiger partial charge in [-0.15, -0.1) is 0 Å². The van der Waals surface area contributed by atoms with Gasteiger partial charge in [0.05, 0.1) is 11.3 Å². The van der Waals surface area contributed by atoms with Crippen molar-refractivity contribution in [3.05, 3.63) is 61.9 Å². The maximum atomic E-state index is 12.6. The number of rotatable bonds is 4. The molecule has 0 spiro atoms. The summed E-state index contributed by atoms with van der Waals surface area (Å²) in [6.07, 6.45) is 0. The first-order valence-electron chi connectivity index (χ1n) is 6.64. The molecule has 1 heterocycles. The fourth-order valence-corrected chi connectivity index (χ4v) is 2.22. The fourth-order valence-electron chi connectivity index (χ4n) is 2.22. The van der Waals surface area contributed by atoms with Gasteiger partial charge < -0.3 is 15.0 Å². The van der Waals surface area contributed by atoms with Crippen LogP contribution < -0.4 is 11.2 Å². The molecule has 2 aromatic rings. The average molecular weight is 303 g/mol. The first-order valence-corrected chi connectivity index (χ1v) is 6.64. The Bertz CT molecular complexity index is 833. The third-order valence-electron chi connectivity index (χ3n) is 3.15. The highest BCUT2D eigenvalue weighted by atomic mass is 16.4. The zero-order valence-corrected chi connectivity index (χ0v) is 12.6. The van der Waals surface area contributed by atoms with E-state index >= 15 is 0 Å². The minimum Gasteiger partial charge on any atom is -0.477 e. The summed E-state index contributed by atoms with van der Waals surface area (Å²) in [6, 6.07) is 6.89. The van der Waals surface area contributed by atoms with Crippen LogP contribution in [0.4, 0.5) is 0 Å². The molecule has 7 heteroatoms. The molecule has 116 valence electrons. The molecule has 0 saturated carbocycles. The molecule has 0 radical (unpaired) electrons. The van der Waals surface area contributed by atoms with Crippen LogP contribution in [0.2, 0.25) is 0 Å². The molecule has 0 amide bonds. The Morgan fingerprint density at radius 2 is 2.00 bits per heavy atom. The smallest absolute Gasteiger partial charge is 0.352 e. The molecule has 0 atom stereocenters. The number of carbonyl (C=O) groups is 1. The summed E-state index contributed by atoms with van der Waals surface area (Å²) in [5.41, 5.74) is -0.425. The van der Waals surface area contributed by atoms with Crippen molar-refractivity contribution in [2.24, 2.45) is 0 Å². The summed E-state index contributed by atoms with van der Waals surface area (Å²) in [5.74, 6) is -1.33. The van der Waals surface area contributed by atoms with Gasteiger partial charge in [-0.1, -0.05) is 12.1 Å². The molecule has 1 aromatic carbocycles. The van der Waals surface area contributed by atoms with Crippen molar-refractivity contribution in [1.29, 1.82) is 0 Å². The van der Waals surface area contributed by atoms with E-state index in [4.69, 9.17) is 0 Å². The number of nitrogens with one attached hydrogen (secondary N) is 1. The molecule has 0 bridgehead atoms. The highest BCUT2D eigenvalue weighted by Gasteiger charge is 2.20. The predicted octanol–water partition coefficient (Wildman–Crippen LogP) is 0.594. The number of carboxylic acid groups (broad SMARTS) is 1. The molecule has 22 heavy (non-hydrogen) atoms. The van der Waals surface area contributed by atoms with E-state index in [9.17, 15) is 19.5 Å². The maximum absolute atomic E-state index is 12.6. The lowest BCUT2D eigenvalue weighted by atomic mass is 10.2. The Labute approximate surface area is 126 Å². The first kappa shape index (κ1) is 15.7. The van der Waals surface area contributed by atoms with Gasteiger partial charge in [-0.3, -0.25) is 4.79 Å². The van der Waals surface area contributed by atoms with Crippen LogP contribution in [0.5, 0.6) is 0 Å². The van der Waals surface area contributed by atoms with Gasteiger partial charge in [0.25, 0.3) is 5.56 Å². The molecular formula is C15H17N3O4. The molecule has 2 N–H and O–H groups in total. The largest absolute Gasteiger partial charge is 0.477 e. The maximum Gasteiger partial charge on any atom is 0.352 e. The first-order chi connectivity index (χ1) is 10.3. The van der Waals surface area contributed by atoms with Gasteiger partial charge in [0, 0.05) is 6.54 Å². The fraction of sp³-hybridized carbons (Fsp3) is 0.267. The van der Waals surface area contributed by atoms with Crippen molar-refractivity contribution in [3.8, 4) is 5.69 Å². The number of H-pyrrole nitrogens is 1. The molecule has 0 aliphatic rings. The van der Waals surface area contributed by atoms with Crippen LogP contribution in [0.1, 0.15) is 21.6 Å².